The highest BCUT2D eigenvalue weighted by molar-refractivity contribution is 7.98. The van der Waals surface area contributed by atoms with Crippen LogP contribution < -0.4 is 10.6 Å². The molecule has 0 aliphatic carbocycles. The Hall–Kier alpha value is -3.04. The zero-order valence-corrected chi connectivity index (χ0v) is 24.4. The molecule has 4 rings (SSSR count). The minimum atomic E-state index is -1.08. The van der Waals surface area contributed by atoms with E-state index in [2.05, 4.69) is 16.7 Å². The van der Waals surface area contributed by atoms with E-state index in [1.807, 2.05) is 61.5 Å². The smallest absolute Gasteiger partial charge is 0.303 e. The predicted octanol–water partition coefficient (Wildman–Crippen LogP) is 6.40. The van der Waals surface area contributed by atoms with Gasteiger partial charge in [-0.2, -0.15) is 0 Å². The van der Waals surface area contributed by atoms with Gasteiger partial charge in [-0.1, -0.05) is 53.5 Å². The lowest BCUT2D eigenvalue weighted by molar-refractivity contribution is -0.143. The van der Waals surface area contributed by atoms with Crippen LogP contribution in [0.3, 0.4) is 0 Å². The van der Waals surface area contributed by atoms with E-state index in [0.717, 1.165) is 47.8 Å². The number of hydrogen-bond donors (Lipinski definition) is 4. The number of benzene rings is 3. The summed E-state index contributed by atoms with van der Waals surface area (Å²) < 4.78 is 0. The summed E-state index contributed by atoms with van der Waals surface area (Å²) in [6.07, 6.45) is 1.45. The first-order valence-electron chi connectivity index (χ1n) is 12.9. The van der Waals surface area contributed by atoms with Crippen LogP contribution in [0.1, 0.15) is 58.4 Å². The van der Waals surface area contributed by atoms with Crippen molar-refractivity contribution in [3.8, 4) is 0 Å². The maximum Gasteiger partial charge on any atom is 0.303 e. The molecule has 1 aliphatic rings. The normalized spacial score (nSPS) is 13.2. The molecule has 7 nitrogen and oxygen atoms in total. The van der Waals surface area contributed by atoms with Crippen LogP contribution in [0.15, 0.2) is 65.6 Å². The van der Waals surface area contributed by atoms with Crippen molar-refractivity contribution in [1.82, 2.24) is 10.6 Å². The number of carbonyl (C=O) groups is 3. The van der Waals surface area contributed by atoms with E-state index in [-0.39, 0.29) is 24.8 Å². The fraction of sp³-hybridized carbons (Fsp3) is 0.300. The summed E-state index contributed by atoms with van der Waals surface area (Å²) in [6, 6.07) is 19.4. The number of hydrogen-bond acceptors (Lipinski definition) is 5. The van der Waals surface area contributed by atoms with Crippen molar-refractivity contribution in [2.24, 2.45) is 0 Å². The Bertz CT molecular complexity index is 1300. The second kappa shape index (κ2) is 15.7. The average molecular weight is 604 g/mol. The standard InChI is InChI=1S/C26H26Cl2N2OS.C4H6O4/c1-17(19-6-9-22(27)10-7-19)30-26(31)21-4-2-18(3-5-21)16-32-25-23-13-15-29-14-12-20(23)8-11-24(25)28;5-3(6)1-2-4(7)8/h2-11,17,29H,12-16H2,1H3,(H,30,31);1-2H2,(H,5,6)(H,7,8)/t17-;/m1./s1. The molecule has 0 bridgehead atoms. The third-order valence-corrected chi connectivity index (χ3v) is 8.21. The Balaban J connectivity index is 0.000000482. The van der Waals surface area contributed by atoms with Crippen LogP contribution in [0.4, 0.5) is 0 Å². The summed E-state index contributed by atoms with van der Waals surface area (Å²) in [5.74, 6) is -1.43. The molecule has 10 heteroatoms. The summed E-state index contributed by atoms with van der Waals surface area (Å²) in [7, 11) is 0. The van der Waals surface area contributed by atoms with Crippen molar-refractivity contribution in [3.05, 3.63) is 98.5 Å². The van der Waals surface area contributed by atoms with Gasteiger partial charge in [0, 0.05) is 21.2 Å². The lowest BCUT2D eigenvalue weighted by atomic mass is 10.0. The molecule has 0 spiro atoms. The van der Waals surface area contributed by atoms with Gasteiger partial charge in [0.2, 0.25) is 0 Å². The number of fused-ring (bicyclic) bond motifs is 1. The molecule has 0 aromatic heterocycles. The summed E-state index contributed by atoms with van der Waals surface area (Å²) in [4.78, 5) is 33.1. The Morgan fingerprint density at radius 1 is 0.900 bits per heavy atom. The molecular formula is C30H32Cl2N2O5S. The van der Waals surface area contributed by atoms with Gasteiger partial charge in [0.25, 0.3) is 5.91 Å². The molecule has 1 aliphatic heterocycles. The number of carboxylic acid groups (broad SMARTS) is 2. The molecule has 0 fully saturated rings. The second-order valence-corrected chi connectivity index (χ2v) is 11.1. The largest absolute Gasteiger partial charge is 0.481 e. The number of aliphatic carboxylic acids is 2. The molecular weight excluding hydrogens is 571 g/mol. The van der Waals surface area contributed by atoms with Crippen LogP contribution in [0.5, 0.6) is 0 Å². The third-order valence-electron chi connectivity index (χ3n) is 6.30. The van der Waals surface area contributed by atoms with E-state index in [0.29, 0.717) is 10.6 Å². The Kier molecular flexibility index (Phi) is 12.3. The van der Waals surface area contributed by atoms with Gasteiger partial charge in [0.1, 0.15) is 0 Å². The molecule has 1 heterocycles. The van der Waals surface area contributed by atoms with Crippen LogP contribution in [0.2, 0.25) is 10.0 Å². The van der Waals surface area contributed by atoms with Gasteiger partial charge >= 0.3 is 11.9 Å². The number of carboxylic acids is 2. The highest BCUT2D eigenvalue weighted by Gasteiger charge is 2.16. The maximum absolute atomic E-state index is 12.7. The summed E-state index contributed by atoms with van der Waals surface area (Å²) >= 11 is 14.3. The Labute approximate surface area is 248 Å². The molecule has 0 unspecified atom stereocenters. The zero-order chi connectivity index (χ0) is 29.1. The van der Waals surface area contributed by atoms with Gasteiger partial charge in [-0.3, -0.25) is 14.4 Å². The predicted molar refractivity (Wildman–Crippen MR) is 160 cm³/mol. The lowest BCUT2D eigenvalue weighted by Gasteiger charge is -2.15. The second-order valence-electron chi connectivity index (χ2n) is 9.28. The highest BCUT2D eigenvalue weighted by Crippen LogP contribution is 2.36. The van der Waals surface area contributed by atoms with E-state index in [9.17, 15) is 14.4 Å². The number of carbonyl (C=O) groups excluding carboxylic acids is 1. The highest BCUT2D eigenvalue weighted by atomic mass is 35.5. The van der Waals surface area contributed by atoms with Gasteiger partial charge in [0.15, 0.2) is 0 Å². The Morgan fingerprint density at radius 3 is 2.15 bits per heavy atom. The average Bonchev–Trinajstić information content (AvgIpc) is 3.18. The minimum Gasteiger partial charge on any atom is -0.481 e. The van der Waals surface area contributed by atoms with E-state index in [1.165, 1.54) is 16.0 Å². The van der Waals surface area contributed by atoms with Gasteiger partial charge in [-0.15, -0.1) is 11.8 Å². The molecule has 1 amide bonds. The molecule has 0 saturated heterocycles. The molecule has 1 atom stereocenters. The lowest BCUT2D eigenvalue weighted by Crippen LogP contribution is -2.26. The van der Waals surface area contributed by atoms with Crippen molar-refractivity contribution < 1.29 is 24.6 Å². The van der Waals surface area contributed by atoms with Crippen molar-refractivity contribution in [3.63, 3.8) is 0 Å². The molecule has 212 valence electrons. The van der Waals surface area contributed by atoms with E-state index in [4.69, 9.17) is 33.4 Å². The van der Waals surface area contributed by atoms with Crippen molar-refractivity contribution in [2.75, 3.05) is 13.1 Å². The van der Waals surface area contributed by atoms with Gasteiger partial charge in [-0.05, 0) is 85.4 Å². The van der Waals surface area contributed by atoms with Gasteiger partial charge in [-0.25, -0.2) is 0 Å². The molecule has 0 radical (unpaired) electrons. The van der Waals surface area contributed by atoms with Gasteiger partial charge in [0.05, 0.1) is 23.9 Å². The summed E-state index contributed by atoms with van der Waals surface area (Å²) in [5.41, 5.74) is 5.60. The molecule has 3 aromatic rings. The van der Waals surface area contributed by atoms with Crippen LogP contribution >= 0.6 is 35.0 Å². The first-order valence-corrected chi connectivity index (χ1v) is 14.6. The summed E-state index contributed by atoms with van der Waals surface area (Å²) in [5, 5.41) is 23.8. The first kappa shape index (κ1) is 31.5. The number of amides is 1. The maximum atomic E-state index is 12.7. The minimum absolute atomic E-state index is 0.0874. The quantitative estimate of drug-likeness (QED) is 0.209. The molecule has 4 N–H and O–H groups in total. The number of halogens is 2. The van der Waals surface area contributed by atoms with Crippen LogP contribution in [-0.4, -0.2) is 41.1 Å². The SMILES string of the molecule is C[C@@H](NC(=O)c1ccc(CSc2c(Cl)ccc3c2CCNCC3)cc1)c1ccc(Cl)cc1.O=C(O)CCC(=O)O. The van der Waals surface area contributed by atoms with Crippen LogP contribution in [0.25, 0.3) is 0 Å². The topological polar surface area (TPSA) is 116 Å². The van der Waals surface area contributed by atoms with Crippen molar-refractivity contribution in [2.45, 2.75) is 49.3 Å². The monoisotopic (exact) mass is 602 g/mol. The fourth-order valence-electron chi connectivity index (χ4n) is 4.10. The Morgan fingerprint density at radius 2 is 1.52 bits per heavy atom. The number of rotatable bonds is 9. The van der Waals surface area contributed by atoms with Crippen LogP contribution in [0, 0.1) is 0 Å². The molecule has 40 heavy (non-hydrogen) atoms. The van der Waals surface area contributed by atoms with E-state index in [1.54, 1.807) is 11.8 Å². The van der Waals surface area contributed by atoms with E-state index >= 15 is 0 Å². The van der Waals surface area contributed by atoms with Crippen molar-refractivity contribution in [1.29, 1.82) is 0 Å². The van der Waals surface area contributed by atoms with Crippen LogP contribution in [-0.2, 0) is 28.2 Å². The van der Waals surface area contributed by atoms with E-state index < -0.39 is 11.9 Å². The summed E-state index contributed by atoms with van der Waals surface area (Å²) in [6.45, 7) is 3.96. The number of nitrogens with one attached hydrogen (secondary N) is 2. The van der Waals surface area contributed by atoms with Crippen molar-refractivity contribution >= 4 is 52.8 Å². The molecule has 0 saturated carbocycles. The molecule has 3 aromatic carbocycles. The number of thioether (sulfide) groups is 1. The first-order chi connectivity index (χ1) is 19.1. The fourth-order valence-corrected chi connectivity index (χ4v) is 5.69. The third kappa shape index (κ3) is 9.86. The zero-order valence-electron chi connectivity index (χ0n) is 22.1. The van der Waals surface area contributed by atoms with Gasteiger partial charge < -0.3 is 20.8 Å².